The van der Waals surface area contributed by atoms with Crippen LogP contribution in [0, 0.1) is 11.8 Å². The number of fused-ring (bicyclic) bond motifs is 2. The van der Waals surface area contributed by atoms with E-state index in [1.807, 2.05) is 24.1 Å². The molecule has 6 atom stereocenters. The first kappa shape index (κ1) is 30.5. The minimum Gasteiger partial charge on any atom is -0.455 e. The number of alkyl halides is 2. The van der Waals surface area contributed by atoms with E-state index in [1.54, 1.807) is 28.7 Å². The highest BCUT2D eigenvalue weighted by Crippen LogP contribution is 2.41. The molecule has 5 rings (SSSR count). The van der Waals surface area contributed by atoms with Crippen LogP contribution < -0.4 is 10.1 Å². The van der Waals surface area contributed by atoms with Crippen molar-refractivity contribution < 1.29 is 27.3 Å². The molecule has 14 heteroatoms. The average Bonchev–Trinajstić information content (AvgIpc) is 3.64. The van der Waals surface area contributed by atoms with Crippen LogP contribution in [-0.2, 0) is 14.3 Å². The van der Waals surface area contributed by atoms with Gasteiger partial charge in [-0.15, -0.1) is 3.89 Å². The molecule has 1 amide bonds. The number of rotatable bonds is 12. The van der Waals surface area contributed by atoms with Gasteiger partial charge in [0.15, 0.2) is 28.3 Å². The molecule has 2 fully saturated rings. The first-order chi connectivity index (χ1) is 19.8. The Balaban J connectivity index is 1.42. The van der Waals surface area contributed by atoms with Gasteiger partial charge in [-0.05, 0) is 53.7 Å². The second-order valence-corrected chi connectivity index (χ2v) is 12.3. The molecule has 9 nitrogen and oxygen atoms in total. The van der Waals surface area contributed by atoms with E-state index in [0.29, 0.717) is 40.5 Å². The third-order valence-corrected chi connectivity index (χ3v) is 9.48. The first-order valence-corrected chi connectivity index (χ1v) is 15.7. The summed E-state index contributed by atoms with van der Waals surface area (Å²) >= 11 is 8.34. The van der Waals surface area contributed by atoms with Crippen LogP contribution in [0.2, 0.25) is 5.02 Å². The number of amides is 1. The van der Waals surface area contributed by atoms with E-state index in [2.05, 4.69) is 28.8 Å². The third-order valence-electron chi connectivity index (χ3n) is 7.78. The minimum absolute atomic E-state index is 0.0112. The Kier molecular flexibility index (Phi) is 9.78. The Bertz CT molecular complexity index is 1370. The standard InChI is InChI=1S/C27H31ClF2IN5O4S/c1-4-5-15(8-9-32-13-37)19-7-6-16(14(2)35(19)3)22-18(28)10-20-26(33-22)34-27(36(20)41-30)40-21-12-39-23-17(25(29)31)11-38-24(21)23/h6-7,10,13,15,17,21,23-25H,2,4-5,8-9,11-12H2,1,3H3,(H,32,37)/t15?,17?,21?,23-,24-,25?/m1/s1. The van der Waals surface area contributed by atoms with Gasteiger partial charge in [0.1, 0.15) is 11.6 Å². The number of hydrogen-bond acceptors (Lipinski definition) is 8. The summed E-state index contributed by atoms with van der Waals surface area (Å²) in [6.45, 7) is 7.41. The van der Waals surface area contributed by atoms with E-state index in [0.717, 1.165) is 25.0 Å². The Morgan fingerprint density at radius 3 is 2.80 bits per heavy atom. The monoisotopic (exact) mass is 721 g/mol. The van der Waals surface area contributed by atoms with Crippen LogP contribution in [0.15, 0.2) is 36.2 Å². The largest absolute Gasteiger partial charge is 0.455 e. The van der Waals surface area contributed by atoms with Crippen molar-refractivity contribution in [2.75, 3.05) is 26.8 Å². The number of pyridine rings is 1. The lowest BCUT2D eigenvalue weighted by molar-refractivity contribution is -0.109. The molecule has 0 bridgehead atoms. The molecule has 0 aromatic carbocycles. The molecule has 0 aliphatic carbocycles. The smallest absolute Gasteiger partial charge is 0.311 e. The molecule has 0 saturated carbocycles. The lowest BCUT2D eigenvalue weighted by Gasteiger charge is -2.34. The summed E-state index contributed by atoms with van der Waals surface area (Å²) < 4.78 is 45.8. The fraction of sp³-hybridized carbons (Fsp3) is 0.519. The van der Waals surface area contributed by atoms with Crippen molar-refractivity contribution in [1.29, 1.82) is 0 Å². The summed E-state index contributed by atoms with van der Waals surface area (Å²) in [5.41, 5.74) is 3.57. The molecule has 2 saturated heterocycles. The zero-order valence-electron chi connectivity index (χ0n) is 22.6. The van der Waals surface area contributed by atoms with Crippen LogP contribution in [0.5, 0.6) is 6.01 Å². The molecule has 4 unspecified atom stereocenters. The van der Waals surface area contributed by atoms with Gasteiger partial charge < -0.3 is 24.4 Å². The molecule has 222 valence electrons. The number of nitrogens with one attached hydrogen (secondary N) is 1. The fourth-order valence-electron chi connectivity index (χ4n) is 5.66. The number of likely N-dealkylation sites (N-methyl/N-ethyl adjacent to an activating group) is 1. The molecule has 3 aliphatic heterocycles. The molecular formula is C27H31ClF2IN5O4S. The Morgan fingerprint density at radius 2 is 2.10 bits per heavy atom. The van der Waals surface area contributed by atoms with Gasteiger partial charge in [-0.1, -0.05) is 31.5 Å². The van der Waals surface area contributed by atoms with E-state index >= 15 is 0 Å². The van der Waals surface area contributed by atoms with Crippen molar-refractivity contribution in [3.05, 3.63) is 46.9 Å². The third kappa shape index (κ3) is 5.97. The zero-order chi connectivity index (χ0) is 29.3. The Labute approximate surface area is 260 Å². The summed E-state index contributed by atoms with van der Waals surface area (Å²) in [7, 11) is 1.94. The van der Waals surface area contributed by atoms with Gasteiger partial charge in [-0.2, -0.15) is 4.98 Å². The van der Waals surface area contributed by atoms with Crippen LogP contribution in [0.25, 0.3) is 16.7 Å². The van der Waals surface area contributed by atoms with Gasteiger partial charge in [0.2, 0.25) is 6.41 Å². The lowest BCUT2D eigenvalue weighted by Crippen LogP contribution is -2.34. The van der Waals surface area contributed by atoms with Crippen LogP contribution >= 0.6 is 46.5 Å². The highest BCUT2D eigenvalue weighted by molar-refractivity contribution is 14.1. The molecule has 1 N–H and O–H groups in total. The van der Waals surface area contributed by atoms with E-state index in [9.17, 15) is 13.1 Å². The highest BCUT2D eigenvalue weighted by atomic mass is 127. The van der Waals surface area contributed by atoms with Crippen molar-refractivity contribution in [3.63, 3.8) is 0 Å². The number of nitrogens with zero attached hydrogens (tertiary/aromatic N) is 4. The maximum Gasteiger partial charge on any atom is 0.311 e. The average molecular weight is 722 g/mol. The minimum atomic E-state index is -1.11. The molecule has 2 aromatic heterocycles. The van der Waals surface area contributed by atoms with Crippen molar-refractivity contribution >= 4 is 69.7 Å². The summed E-state index contributed by atoms with van der Waals surface area (Å²) in [4.78, 5) is 21.9. The summed E-state index contributed by atoms with van der Waals surface area (Å²) in [6.07, 6.45) is 5.96. The summed E-state index contributed by atoms with van der Waals surface area (Å²) in [5.74, 6) is -0.151. The number of ether oxygens (including phenoxy) is 3. The predicted octanol–water partition coefficient (Wildman–Crippen LogP) is 5.64. The van der Waals surface area contributed by atoms with Gasteiger partial charge in [-0.3, -0.25) is 4.79 Å². The number of imidazole rings is 1. The normalized spacial score (nSPS) is 25.6. The van der Waals surface area contributed by atoms with Gasteiger partial charge in [0.05, 0.1) is 36.0 Å². The van der Waals surface area contributed by atoms with E-state index in [4.69, 9.17) is 25.8 Å². The topological polar surface area (TPSA) is 90.7 Å². The molecule has 0 spiro atoms. The lowest BCUT2D eigenvalue weighted by atomic mass is 9.91. The van der Waals surface area contributed by atoms with Gasteiger partial charge in [0.25, 0.3) is 0 Å². The van der Waals surface area contributed by atoms with Crippen molar-refractivity contribution in [3.8, 4) is 6.01 Å². The van der Waals surface area contributed by atoms with Crippen LogP contribution in [0.1, 0.15) is 31.9 Å². The molecule has 41 heavy (non-hydrogen) atoms. The van der Waals surface area contributed by atoms with Gasteiger partial charge in [-0.25, -0.2) is 13.3 Å². The molecular weight excluding hydrogens is 691 g/mol. The van der Waals surface area contributed by atoms with Gasteiger partial charge in [0, 0.05) is 36.5 Å². The Morgan fingerprint density at radius 1 is 1.32 bits per heavy atom. The molecule has 0 radical (unpaired) electrons. The quantitative estimate of drug-likeness (QED) is 0.131. The van der Waals surface area contributed by atoms with E-state index in [1.165, 1.54) is 3.97 Å². The van der Waals surface area contributed by atoms with Crippen LogP contribution in [0.4, 0.5) is 8.28 Å². The number of aromatic nitrogens is 3. The second kappa shape index (κ2) is 13.1. The fourth-order valence-corrected chi connectivity index (χ4v) is 6.88. The van der Waals surface area contributed by atoms with Crippen molar-refractivity contribution in [2.24, 2.45) is 11.8 Å². The van der Waals surface area contributed by atoms with Crippen LogP contribution in [0.3, 0.4) is 0 Å². The number of allylic oxidation sites excluding steroid dienone is 4. The van der Waals surface area contributed by atoms with E-state index < -0.39 is 22.5 Å². The zero-order valence-corrected chi connectivity index (χ0v) is 26.3. The number of carbonyl (C=O) groups excluding carboxylic acids is 1. The molecule has 2 aromatic rings. The van der Waals surface area contributed by atoms with Gasteiger partial charge >= 0.3 is 6.01 Å². The number of hydrogen-bond donors (Lipinski definition) is 1. The maximum atomic E-state index is 14.2. The SMILES string of the molecule is C=C1C(c2nc3nc(OC4CO[C@@H]5C(C(F)I)CO[C@H]45)n(SF)c3cc2Cl)=CC=C(C(CCC)CCNC=O)N1C. The van der Waals surface area contributed by atoms with Crippen molar-refractivity contribution in [2.45, 2.75) is 48.7 Å². The number of halogens is 4. The van der Waals surface area contributed by atoms with Crippen molar-refractivity contribution in [1.82, 2.24) is 24.2 Å². The maximum absolute atomic E-state index is 14.2. The summed E-state index contributed by atoms with van der Waals surface area (Å²) in [6, 6.07) is 1.59. The second-order valence-electron chi connectivity index (χ2n) is 10.2. The Hall–Kier alpha value is -1.94. The number of carbonyl (C=O) groups is 1. The first-order valence-electron chi connectivity index (χ1n) is 13.4. The molecule has 5 heterocycles. The van der Waals surface area contributed by atoms with E-state index in [-0.39, 0.29) is 49.0 Å². The van der Waals surface area contributed by atoms with Crippen LogP contribution in [-0.4, -0.2) is 74.5 Å². The highest BCUT2D eigenvalue weighted by Gasteiger charge is 2.51. The molecule has 3 aliphatic rings. The summed E-state index contributed by atoms with van der Waals surface area (Å²) in [5, 5.41) is 3.05. The predicted molar refractivity (Wildman–Crippen MR) is 163 cm³/mol.